The molecule has 0 unspecified atom stereocenters. The third-order valence-corrected chi connectivity index (χ3v) is 4.09. The highest BCUT2D eigenvalue weighted by molar-refractivity contribution is 6.30. The minimum absolute atomic E-state index is 0.382. The van der Waals surface area contributed by atoms with E-state index in [4.69, 9.17) is 17.3 Å². The number of aromatic nitrogens is 5. The van der Waals surface area contributed by atoms with Gasteiger partial charge in [-0.05, 0) is 42.8 Å². The zero-order valence-electron chi connectivity index (χ0n) is 13.3. The van der Waals surface area contributed by atoms with Gasteiger partial charge in [-0.1, -0.05) is 28.9 Å². The molecule has 2 aromatic heterocycles. The summed E-state index contributed by atoms with van der Waals surface area (Å²) in [6, 6.07) is 13.2. The predicted octanol–water partition coefficient (Wildman–Crippen LogP) is 3.50. The monoisotopic (exact) mass is 351 g/mol. The smallest absolute Gasteiger partial charge is 0.184 e. The van der Waals surface area contributed by atoms with Gasteiger partial charge in [0.25, 0.3) is 0 Å². The van der Waals surface area contributed by atoms with Crippen LogP contribution in [0.5, 0.6) is 0 Å². The van der Waals surface area contributed by atoms with Gasteiger partial charge in [-0.3, -0.25) is 0 Å². The van der Waals surface area contributed by atoms with Crippen LogP contribution in [0.3, 0.4) is 0 Å². The van der Waals surface area contributed by atoms with Gasteiger partial charge in [0.1, 0.15) is 17.5 Å². The Bertz CT molecular complexity index is 1070. The van der Waals surface area contributed by atoms with Crippen molar-refractivity contribution in [1.29, 1.82) is 0 Å². The lowest BCUT2D eigenvalue weighted by Gasteiger charge is -2.13. The van der Waals surface area contributed by atoms with E-state index in [-0.39, 0.29) is 0 Å². The van der Waals surface area contributed by atoms with Crippen molar-refractivity contribution in [2.45, 2.75) is 6.92 Å². The molecule has 0 saturated heterocycles. The van der Waals surface area contributed by atoms with E-state index in [1.54, 1.807) is 10.7 Å². The van der Waals surface area contributed by atoms with E-state index in [1.807, 2.05) is 43.3 Å². The van der Waals surface area contributed by atoms with Crippen molar-refractivity contribution in [3.8, 4) is 5.82 Å². The van der Waals surface area contributed by atoms with E-state index < -0.39 is 0 Å². The molecule has 124 valence electrons. The van der Waals surface area contributed by atoms with Gasteiger partial charge in [0.2, 0.25) is 0 Å². The van der Waals surface area contributed by atoms with Crippen molar-refractivity contribution in [3.63, 3.8) is 0 Å². The molecule has 7 nitrogen and oxygen atoms in total. The molecular formula is C17H14ClN7. The maximum atomic E-state index is 6.29. The summed E-state index contributed by atoms with van der Waals surface area (Å²) in [7, 11) is 0. The quantitative estimate of drug-likeness (QED) is 0.586. The van der Waals surface area contributed by atoms with Crippen LogP contribution in [0.2, 0.25) is 5.02 Å². The van der Waals surface area contributed by atoms with Crippen LogP contribution in [0.15, 0.2) is 48.8 Å². The van der Waals surface area contributed by atoms with Crippen molar-refractivity contribution in [1.82, 2.24) is 25.0 Å². The topological polar surface area (TPSA) is 94.5 Å². The summed E-state index contributed by atoms with van der Waals surface area (Å²) in [5.41, 5.74) is 10.1. The Morgan fingerprint density at radius 2 is 1.96 bits per heavy atom. The molecule has 0 bridgehead atoms. The number of para-hydroxylation sites is 1. The van der Waals surface area contributed by atoms with Crippen LogP contribution in [0, 0.1) is 6.92 Å². The summed E-state index contributed by atoms with van der Waals surface area (Å²) >= 11 is 6.00. The molecule has 0 aliphatic carbocycles. The van der Waals surface area contributed by atoms with Crippen LogP contribution in [-0.4, -0.2) is 25.0 Å². The molecule has 0 aliphatic rings. The van der Waals surface area contributed by atoms with Gasteiger partial charge in [0, 0.05) is 10.7 Å². The van der Waals surface area contributed by atoms with Gasteiger partial charge < -0.3 is 11.1 Å². The molecule has 2 heterocycles. The molecular weight excluding hydrogens is 338 g/mol. The highest BCUT2D eigenvalue weighted by Crippen LogP contribution is 2.28. The minimum atomic E-state index is 0.382. The Kier molecular flexibility index (Phi) is 3.70. The molecule has 4 aromatic rings. The Labute approximate surface area is 148 Å². The van der Waals surface area contributed by atoms with Crippen molar-refractivity contribution < 1.29 is 0 Å². The Morgan fingerprint density at radius 1 is 1.12 bits per heavy atom. The minimum Gasteiger partial charge on any atom is -0.393 e. The van der Waals surface area contributed by atoms with Crippen LogP contribution >= 0.6 is 11.6 Å². The number of hydrogen-bond donors (Lipinski definition) is 2. The maximum Gasteiger partial charge on any atom is 0.184 e. The first-order chi connectivity index (χ1) is 12.1. The number of hydrogen-bond acceptors (Lipinski definition) is 6. The molecule has 0 amide bonds. The second-order valence-electron chi connectivity index (χ2n) is 5.53. The number of nitrogens with zero attached hydrogens (tertiary/aromatic N) is 5. The summed E-state index contributed by atoms with van der Waals surface area (Å²) < 4.78 is 1.60. The van der Waals surface area contributed by atoms with Crippen molar-refractivity contribution in [3.05, 3.63) is 59.4 Å². The first-order valence-corrected chi connectivity index (χ1v) is 7.96. The van der Waals surface area contributed by atoms with E-state index >= 15 is 0 Å². The van der Waals surface area contributed by atoms with E-state index in [2.05, 4.69) is 25.6 Å². The number of rotatable bonds is 3. The molecule has 0 radical (unpaired) electrons. The number of nitrogens with two attached hydrogens (primary N) is 1. The van der Waals surface area contributed by atoms with E-state index in [0.29, 0.717) is 22.3 Å². The Hall–Kier alpha value is -3.19. The number of nitrogens with one attached hydrogen (secondary N) is 1. The van der Waals surface area contributed by atoms with Gasteiger partial charge in [0.15, 0.2) is 11.6 Å². The third-order valence-electron chi connectivity index (χ3n) is 3.86. The second kappa shape index (κ2) is 6.03. The zero-order valence-corrected chi connectivity index (χ0v) is 14.1. The summed E-state index contributed by atoms with van der Waals surface area (Å²) in [4.78, 5) is 8.52. The van der Waals surface area contributed by atoms with E-state index in [0.717, 1.165) is 22.3 Å². The van der Waals surface area contributed by atoms with E-state index in [1.165, 1.54) is 6.33 Å². The Morgan fingerprint density at radius 3 is 2.80 bits per heavy atom. The van der Waals surface area contributed by atoms with Gasteiger partial charge >= 0.3 is 0 Å². The first-order valence-electron chi connectivity index (χ1n) is 7.58. The van der Waals surface area contributed by atoms with Crippen LogP contribution in [0.1, 0.15) is 5.56 Å². The lowest BCUT2D eigenvalue weighted by molar-refractivity contribution is 0.800. The summed E-state index contributed by atoms with van der Waals surface area (Å²) in [6.45, 7) is 1.96. The SMILES string of the molecule is Cc1cc(Cl)ccc1Nc1ncnc(-n2nnc3ccccc32)c1N. The van der Waals surface area contributed by atoms with Crippen LogP contribution < -0.4 is 11.1 Å². The average molecular weight is 352 g/mol. The average Bonchev–Trinajstić information content (AvgIpc) is 3.03. The fourth-order valence-corrected chi connectivity index (χ4v) is 2.80. The lowest BCUT2D eigenvalue weighted by Crippen LogP contribution is -2.09. The second-order valence-corrected chi connectivity index (χ2v) is 5.97. The molecule has 8 heteroatoms. The van der Waals surface area contributed by atoms with Crippen LogP contribution in [0.25, 0.3) is 16.9 Å². The van der Waals surface area contributed by atoms with Crippen LogP contribution in [0.4, 0.5) is 17.2 Å². The molecule has 3 N–H and O–H groups in total. The molecule has 0 atom stereocenters. The highest BCUT2D eigenvalue weighted by Gasteiger charge is 2.14. The van der Waals surface area contributed by atoms with Gasteiger partial charge in [-0.2, -0.15) is 4.68 Å². The molecule has 0 fully saturated rings. The number of aryl methyl sites for hydroxylation is 1. The number of halogens is 1. The summed E-state index contributed by atoms with van der Waals surface area (Å²) in [6.07, 6.45) is 1.44. The molecule has 0 spiro atoms. The maximum absolute atomic E-state index is 6.29. The number of fused-ring (bicyclic) bond motifs is 1. The molecule has 2 aromatic carbocycles. The van der Waals surface area contributed by atoms with Crippen molar-refractivity contribution >= 4 is 39.8 Å². The lowest BCUT2D eigenvalue weighted by atomic mass is 10.2. The number of nitrogen functional groups attached to an aromatic ring is 1. The predicted molar refractivity (Wildman–Crippen MR) is 98.3 cm³/mol. The van der Waals surface area contributed by atoms with Gasteiger partial charge in [-0.15, -0.1) is 5.10 Å². The third kappa shape index (κ3) is 2.74. The largest absolute Gasteiger partial charge is 0.393 e. The normalized spacial score (nSPS) is 11.0. The van der Waals surface area contributed by atoms with Crippen molar-refractivity contribution in [2.24, 2.45) is 0 Å². The van der Waals surface area contributed by atoms with Gasteiger partial charge in [-0.25, -0.2) is 9.97 Å². The Balaban J connectivity index is 1.78. The fourth-order valence-electron chi connectivity index (χ4n) is 2.57. The van der Waals surface area contributed by atoms with Crippen molar-refractivity contribution in [2.75, 3.05) is 11.1 Å². The molecule has 4 rings (SSSR count). The first kappa shape index (κ1) is 15.3. The number of benzene rings is 2. The molecule has 25 heavy (non-hydrogen) atoms. The summed E-state index contributed by atoms with van der Waals surface area (Å²) in [5.74, 6) is 0.966. The molecule has 0 aliphatic heterocycles. The fraction of sp³-hybridized carbons (Fsp3) is 0.0588. The van der Waals surface area contributed by atoms with Gasteiger partial charge in [0.05, 0.1) is 5.52 Å². The molecule has 0 saturated carbocycles. The summed E-state index contributed by atoms with van der Waals surface area (Å²) in [5, 5.41) is 12.2. The standard InChI is InChI=1S/C17H14ClN7/c1-10-8-11(18)6-7-12(10)22-16-15(19)17(21-9-20-16)25-14-5-3-2-4-13(14)23-24-25/h2-9H,19H2,1H3,(H,20,21,22). The van der Waals surface area contributed by atoms with Crippen LogP contribution in [-0.2, 0) is 0 Å². The number of anilines is 3. The zero-order chi connectivity index (χ0) is 17.4. The van der Waals surface area contributed by atoms with E-state index in [9.17, 15) is 0 Å². The highest BCUT2D eigenvalue weighted by atomic mass is 35.5.